The fraction of sp³-hybridized carbons (Fsp3) is 0.500. The van der Waals surface area contributed by atoms with Gasteiger partial charge < -0.3 is 15.4 Å². The minimum Gasteiger partial charge on any atom is -0.383 e. The molecule has 2 N–H and O–H groups in total. The lowest BCUT2D eigenvalue weighted by Gasteiger charge is -2.27. The Hall–Kier alpha value is -1.39. The molecule has 2 atom stereocenters. The lowest BCUT2D eigenvalue weighted by molar-refractivity contribution is -0.129. The molecule has 0 aliphatic carbocycles. The van der Waals surface area contributed by atoms with Crippen molar-refractivity contribution in [2.45, 2.75) is 25.4 Å². The average molecular weight is 248 g/mol. The molecule has 1 aromatic carbocycles. The number of hydrogen-bond donors (Lipinski definition) is 1. The predicted molar refractivity (Wildman–Crippen MR) is 70.1 cm³/mol. The largest absolute Gasteiger partial charge is 0.383 e. The Kier molecular flexibility index (Phi) is 3.99. The summed E-state index contributed by atoms with van der Waals surface area (Å²) in [6.45, 7) is 3.19. The van der Waals surface area contributed by atoms with Gasteiger partial charge in [0.05, 0.1) is 12.6 Å². The highest BCUT2D eigenvalue weighted by molar-refractivity contribution is 5.80. The molecule has 98 valence electrons. The van der Waals surface area contributed by atoms with Crippen molar-refractivity contribution in [1.82, 2.24) is 4.90 Å². The van der Waals surface area contributed by atoms with Crippen LogP contribution in [0.3, 0.4) is 0 Å². The SMILES string of the molecule is COCCN1C(=O)CC(N)C1c1ccc(C)cc1. The summed E-state index contributed by atoms with van der Waals surface area (Å²) in [5.41, 5.74) is 8.41. The minimum atomic E-state index is -0.128. The number of carbonyl (C=O) groups excluding carboxylic acids is 1. The van der Waals surface area contributed by atoms with Crippen LogP contribution in [0, 0.1) is 6.92 Å². The highest BCUT2D eigenvalue weighted by atomic mass is 16.5. The fourth-order valence-electron chi connectivity index (χ4n) is 2.46. The number of ether oxygens (including phenoxy) is 1. The van der Waals surface area contributed by atoms with E-state index < -0.39 is 0 Å². The van der Waals surface area contributed by atoms with Crippen molar-refractivity contribution < 1.29 is 9.53 Å². The van der Waals surface area contributed by atoms with E-state index in [-0.39, 0.29) is 18.0 Å². The topological polar surface area (TPSA) is 55.6 Å². The molecule has 1 aliphatic rings. The molecule has 1 saturated heterocycles. The Labute approximate surface area is 108 Å². The second-order valence-corrected chi connectivity index (χ2v) is 4.80. The smallest absolute Gasteiger partial charge is 0.224 e. The number of nitrogens with two attached hydrogens (primary N) is 1. The van der Waals surface area contributed by atoms with Gasteiger partial charge in [-0.3, -0.25) is 4.79 Å². The van der Waals surface area contributed by atoms with Crippen molar-refractivity contribution >= 4 is 5.91 Å². The van der Waals surface area contributed by atoms with Crippen molar-refractivity contribution in [2.24, 2.45) is 5.73 Å². The molecule has 2 unspecified atom stereocenters. The summed E-state index contributed by atoms with van der Waals surface area (Å²) in [6.07, 6.45) is 0.419. The molecule has 1 heterocycles. The Morgan fingerprint density at radius 1 is 1.39 bits per heavy atom. The Bertz CT molecular complexity index is 416. The minimum absolute atomic E-state index is 0.0201. The standard InChI is InChI=1S/C14H20N2O2/c1-10-3-5-11(6-4-10)14-12(15)9-13(17)16(14)7-8-18-2/h3-6,12,14H,7-9,15H2,1-2H3. The van der Waals surface area contributed by atoms with Crippen molar-refractivity contribution in [3.63, 3.8) is 0 Å². The molecule has 1 amide bonds. The first-order chi connectivity index (χ1) is 8.63. The van der Waals surface area contributed by atoms with Crippen LogP contribution < -0.4 is 5.73 Å². The van der Waals surface area contributed by atoms with Crippen LogP contribution in [-0.4, -0.2) is 37.1 Å². The van der Waals surface area contributed by atoms with E-state index in [0.29, 0.717) is 19.6 Å². The number of rotatable bonds is 4. The lowest BCUT2D eigenvalue weighted by Crippen LogP contribution is -2.35. The summed E-state index contributed by atoms with van der Waals surface area (Å²) < 4.78 is 5.06. The molecule has 0 radical (unpaired) electrons. The van der Waals surface area contributed by atoms with Crippen LogP contribution in [0.5, 0.6) is 0 Å². The summed E-state index contributed by atoms with van der Waals surface area (Å²) in [5, 5.41) is 0. The van der Waals surface area contributed by atoms with Crippen molar-refractivity contribution in [2.75, 3.05) is 20.3 Å². The molecule has 4 nitrogen and oxygen atoms in total. The lowest BCUT2D eigenvalue weighted by atomic mass is 10.00. The fourth-order valence-corrected chi connectivity index (χ4v) is 2.46. The number of hydrogen-bond acceptors (Lipinski definition) is 3. The quantitative estimate of drug-likeness (QED) is 0.872. The van der Waals surface area contributed by atoms with Gasteiger partial charge in [0.1, 0.15) is 0 Å². The van der Waals surface area contributed by atoms with Crippen molar-refractivity contribution in [1.29, 1.82) is 0 Å². The molecule has 0 saturated carbocycles. The molecule has 0 spiro atoms. The van der Waals surface area contributed by atoms with Crippen LogP contribution >= 0.6 is 0 Å². The van der Waals surface area contributed by atoms with Crippen LogP contribution in [0.15, 0.2) is 24.3 Å². The van der Waals surface area contributed by atoms with Gasteiger partial charge in [-0.15, -0.1) is 0 Å². The first-order valence-electron chi connectivity index (χ1n) is 6.24. The molecule has 1 aliphatic heterocycles. The van der Waals surface area contributed by atoms with Crippen LogP contribution in [0.25, 0.3) is 0 Å². The first kappa shape index (κ1) is 13.1. The van der Waals surface area contributed by atoms with E-state index in [1.165, 1.54) is 5.56 Å². The van der Waals surface area contributed by atoms with Crippen LogP contribution in [-0.2, 0) is 9.53 Å². The predicted octanol–water partition coefficient (Wildman–Crippen LogP) is 1.24. The van der Waals surface area contributed by atoms with Crippen molar-refractivity contribution in [3.05, 3.63) is 35.4 Å². The Morgan fingerprint density at radius 2 is 2.06 bits per heavy atom. The highest BCUT2D eigenvalue weighted by Crippen LogP contribution is 2.31. The molecule has 1 fully saturated rings. The number of carbonyl (C=O) groups is 1. The second kappa shape index (κ2) is 5.50. The molecule has 0 bridgehead atoms. The van der Waals surface area contributed by atoms with E-state index in [9.17, 15) is 4.79 Å². The van der Waals surface area contributed by atoms with Gasteiger partial charge >= 0.3 is 0 Å². The maximum Gasteiger partial charge on any atom is 0.224 e. The van der Waals surface area contributed by atoms with Gasteiger partial charge in [0.25, 0.3) is 0 Å². The van der Waals surface area contributed by atoms with Crippen LogP contribution in [0.4, 0.5) is 0 Å². The van der Waals surface area contributed by atoms with E-state index in [0.717, 1.165) is 5.56 Å². The number of aryl methyl sites for hydroxylation is 1. The zero-order valence-electron chi connectivity index (χ0n) is 10.9. The molecule has 0 aromatic heterocycles. The summed E-state index contributed by atoms with van der Waals surface area (Å²) in [6, 6.07) is 8.07. The van der Waals surface area contributed by atoms with Gasteiger partial charge in [0.2, 0.25) is 5.91 Å². The summed E-state index contributed by atoms with van der Waals surface area (Å²) >= 11 is 0. The normalized spacial score (nSPS) is 23.7. The van der Waals surface area contributed by atoms with E-state index in [1.807, 2.05) is 11.8 Å². The van der Waals surface area contributed by atoms with Crippen molar-refractivity contribution in [3.8, 4) is 0 Å². The van der Waals surface area contributed by atoms with Gasteiger partial charge in [-0.1, -0.05) is 29.8 Å². The maximum atomic E-state index is 11.9. The van der Waals surface area contributed by atoms with Gasteiger partial charge in [0.15, 0.2) is 0 Å². The second-order valence-electron chi connectivity index (χ2n) is 4.80. The van der Waals surface area contributed by atoms with E-state index >= 15 is 0 Å². The van der Waals surface area contributed by atoms with E-state index in [4.69, 9.17) is 10.5 Å². The third-order valence-corrected chi connectivity index (χ3v) is 3.43. The molecular formula is C14H20N2O2. The number of likely N-dealkylation sites (tertiary alicyclic amines) is 1. The Balaban J connectivity index is 2.22. The van der Waals surface area contributed by atoms with Gasteiger partial charge in [-0.25, -0.2) is 0 Å². The summed E-state index contributed by atoms with van der Waals surface area (Å²) in [5.74, 6) is 0.116. The van der Waals surface area contributed by atoms with E-state index in [2.05, 4.69) is 24.3 Å². The highest BCUT2D eigenvalue weighted by Gasteiger charge is 2.38. The average Bonchev–Trinajstić information content (AvgIpc) is 2.62. The van der Waals surface area contributed by atoms with Gasteiger partial charge in [-0.05, 0) is 12.5 Å². The third kappa shape index (κ3) is 2.54. The van der Waals surface area contributed by atoms with E-state index in [1.54, 1.807) is 7.11 Å². The molecule has 4 heteroatoms. The molecular weight excluding hydrogens is 228 g/mol. The number of methoxy groups -OCH3 is 1. The van der Waals surface area contributed by atoms with Gasteiger partial charge in [-0.2, -0.15) is 0 Å². The van der Waals surface area contributed by atoms with Crippen LogP contribution in [0.2, 0.25) is 0 Å². The first-order valence-corrected chi connectivity index (χ1v) is 6.24. The molecule has 18 heavy (non-hydrogen) atoms. The van der Waals surface area contributed by atoms with Crippen LogP contribution in [0.1, 0.15) is 23.6 Å². The molecule has 2 rings (SSSR count). The zero-order valence-corrected chi connectivity index (χ0v) is 10.9. The number of amides is 1. The molecule has 1 aromatic rings. The summed E-state index contributed by atoms with van der Waals surface area (Å²) in [7, 11) is 1.64. The Morgan fingerprint density at radius 3 is 2.67 bits per heavy atom. The monoisotopic (exact) mass is 248 g/mol. The maximum absolute atomic E-state index is 11.9. The number of nitrogens with zero attached hydrogens (tertiary/aromatic N) is 1. The third-order valence-electron chi connectivity index (χ3n) is 3.43. The zero-order chi connectivity index (χ0) is 13.1. The van der Waals surface area contributed by atoms with Gasteiger partial charge in [0, 0.05) is 26.1 Å². The summed E-state index contributed by atoms with van der Waals surface area (Å²) in [4.78, 5) is 13.8. The number of benzene rings is 1.